The van der Waals surface area contributed by atoms with E-state index < -0.39 is 6.72 Å². The van der Waals surface area contributed by atoms with Crippen LogP contribution >= 0.6 is 6.72 Å². The van der Waals surface area contributed by atoms with E-state index in [2.05, 4.69) is 16.3 Å². The zero-order valence-electron chi connectivity index (χ0n) is 9.21. The van der Waals surface area contributed by atoms with E-state index in [1.165, 1.54) is 0 Å². The third kappa shape index (κ3) is 6.98. The Labute approximate surface area is 95.3 Å². The number of rotatable bonds is 6. The summed E-state index contributed by atoms with van der Waals surface area (Å²) < 4.78 is 4.63. The molecular weight excluding hydrogens is 237 g/mol. The fourth-order valence-electron chi connectivity index (χ4n) is 1.06. The van der Waals surface area contributed by atoms with Gasteiger partial charge < -0.3 is 19.2 Å². The van der Waals surface area contributed by atoms with Gasteiger partial charge in [0.2, 0.25) is 5.91 Å². The molecular formula is C8H18NO4PS. The summed E-state index contributed by atoms with van der Waals surface area (Å²) in [6.45, 7) is 2.84. The van der Waals surface area contributed by atoms with Crippen molar-refractivity contribution in [3.63, 3.8) is 0 Å². The van der Waals surface area contributed by atoms with Crippen LogP contribution in [0.4, 0.5) is 0 Å². The lowest BCUT2D eigenvalue weighted by molar-refractivity contribution is -0.134. The molecule has 0 saturated carbocycles. The van der Waals surface area contributed by atoms with Crippen LogP contribution in [0, 0.1) is 5.92 Å². The highest BCUT2D eigenvalue weighted by atomic mass is 32.5. The fraction of sp³-hybridized carbons (Fsp3) is 0.875. The lowest BCUT2D eigenvalue weighted by Gasteiger charge is -2.23. The molecule has 90 valence electrons. The maximum absolute atomic E-state index is 11.6. The molecule has 0 aliphatic carbocycles. The minimum Gasteiger partial charge on any atom is -0.340 e. The Hall–Kier alpha value is -0.0000000000000000555. The Morgan fingerprint density at radius 1 is 1.53 bits per heavy atom. The largest absolute Gasteiger partial charge is 0.340 e. The monoisotopic (exact) mass is 255 g/mol. The number of likely N-dealkylation sites (N-methyl/N-ethyl adjacent to an activating group) is 1. The highest BCUT2D eigenvalue weighted by Gasteiger charge is 2.16. The van der Waals surface area contributed by atoms with E-state index in [4.69, 9.17) is 9.79 Å². The molecule has 0 rings (SSSR count). The first-order valence-electron chi connectivity index (χ1n) is 4.76. The van der Waals surface area contributed by atoms with Gasteiger partial charge >= 0.3 is 6.72 Å². The standard InChI is InChI=1S/C8H18NO4PS/c1-4-9(8(10)7(2)3)5-6-13-14(11,12)15/h7H,4-6H2,1-3H3,(H2,11,12,15). The summed E-state index contributed by atoms with van der Waals surface area (Å²) in [6.07, 6.45) is 0. The van der Waals surface area contributed by atoms with Crippen molar-refractivity contribution in [3.8, 4) is 0 Å². The SMILES string of the molecule is CCN(CCOP(O)(O)=S)C(=O)C(C)C. The van der Waals surface area contributed by atoms with E-state index in [0.29, 0.717) is 13.1 Å². The van der Waals surface area contributed by atoms with E-state index in [-0.39, 0.29) is 18.4 Å². The van der Waals surface area contributed by atoms with Crippen LogP contribution in [0.5, 0.6) is 0 Å². The Morgan fingerprint density at radius 2 is 2.07 bits per heavy atom. The summed E-state index contributed by atoms with van der Waals surface area (Å²) in [5, 5.41) is 0. The summed E-state index contributed by atoms with van der Waals surface area (Å²) in [5.74, 6) is -0.0541. The molecule has 0 fully saturated rings. The van der Waals surface area contributed by atoms with E-state index >= 15 is 0 Å². The van der Waals surface area contributed by atoms with Gasteiger partial charge in [0.25, 0.3) is 0 Å². The van der Waals surface area contributed by atoms with Crippen molar-refractivity contribution in [1.82, 2.24) is 4.90 Å². The second-order valence-corrected chi connectivity index (χ2v) is 6.06. The molecule has 0 bridgehead atoms. The second-order valence-electron chi connectivity index (χ2n) is 3.40. The molecule has 5 nitrogen and oxygen atoms in total. The van der Waals surface area contributed by atoms with Crippen LogP contribution in [0.15, 0.2) is 0 Å². The molecule has 0 radical (unpaired) electrons. The van der Waals surface area contributed by atoms with Crippen LogP contribution in [-0.2, 0) is 21.1 Å². The molecule has 2 N–H and O–H groups in total. The highest BCUT2D eigenvalue weighted by Crippen LogP contribution is 2.35. The fourth-order valence-corrected chi connectivity index (χ4v) is 1.60. The lowest BCUT2D eigenvalue weighted by atomic mass is 10.2. The van der Waals surface area contributed by atoms with Crippen LogP contribution in [0.3, 0.4) is 0 Å². The molecule has 0 saturated heterocycles. The predicted octanol–water partition coefficient (Wildman–Crippen LogP) is 0.717. The number of nitrogens with zero attached hydrogens (tertiary/aromatic N) is 1. The van der Waals surface area contributed by atoms with Crippen molar-refractivity contribution in [2.75, 3.05) is 19.7 Å². The molecule has 0 atom stereocenters. The van der Waals surface area contributed by atoms with E-state index in [9.17, 15) is 4.79 Å². The molecule has 0 aliphatic heterocycles. The number of hydrogen-bond acceptors (Lipinski definition) is 3. The van der Waals surface area contributed by atoms with Gasteiger partial charge in [-0.25, -0.2) is 0 Å². The Bertz CT molecular complexity index is 253. The maximum Gasteiger partial charge on any atom is 0.321 e. The number of carbonyl (C=O) groups excluding carboxylic acids is 1. The molecule has 0 aromatic heterocycles. The van der Waals surface area contributed by atoms with Crippen molar-refractivity contribution in [2.45, 2.75) is 20.8 Å². The van der Waals surface area contributed by atoms with Gasteiger partial charge in [-0.1, -0.05) is 13.8 Å². The first-order chi connectivity index (χ1) is 6.78. The van der Waals surface area contributed by atoms with Gasteiger partial charge in [0.05, 0.1) is 6.61 Å². The van der Waals surface area contributed by atoms with Crippen molar-refractivity contribution in [1.29, 1.82) is 0 Å². The average Bonchev–Trinajstić information content (AvgIpc) is 2.09. The third-order valence-corrected chi connectivity index (χ3v) is 2.64. The summed E-state index contributed by atoms with van der Waals surface area (Å²) in [4.78, 5) is 30.8. The zero-order chi connectivity index (χ0) is 12.1. The zero-order valence-corrected chi connectivity index (χ0v) is 10.9. The molecule has 7 heteroatoms. The second kappa shape index (κ2) is 6.55. The molecule has 15 heavy (non-hydrogen) atoms. The lowest BCUT2D eigenvalue weighted by Crippen LogP contribution is -2.36. The smallest absolute Gasteiger partial charge is 0.321 e. The Kier molecular flexibility index (Phi) is 6.55. The van der Waals surface area contributed by atoms with Crippen LogP contribution in [0.1, 0.15) is 20.8 Å². The van der Waals surface area contributed by atoms with Gasteiger partial charge in [-0.05, 0) is 18.7 Å². The van der Waals surface area contributed by atoms with Crippen LogP contribution in [-0.4, -0.2) is 40.3 Å². The number of carbonyl (C=O) groups is 1. The quantitative estimate of drug-likeness (QED) is 0.684. The molecule has 0 aromatic carbocycles. The van der Waals surface area contributed by atoms with Gasteiger partial charge in [-0.2, -0.15) is 0 Å². The normalized spacial score (nSPS) is 11.9. The van der Waals surface area contributed by atoms with Gasteiger partial charge in [-0.15, -0.1) is 0 Å². The van der Waals surface area contributed by atoms with Gasteiger partial charge in [0, 0.05) is 19.0 Å². The van der Waals surface area contributed by atoms with Crippen molar-refractivity contribution < 1.29 is 19.1 Å². The van der Waals surface area contributed by atoms with Crippen LogP contribution in [0.2, 0.25) is 0 Å². The van der Waals surface area contributed by atoms with Crippen molar-refractivity contribution in [3.05, 3.63) is 0 Å². The topological polar surface area (TPSA) is 70.0 Å². The summed E-state index contributed by atoms with van der Waals surface area (Å²) in [7, 11) is 0. The van der Waals surface area contributed by atoms with E-state index in [1.807, 2.05) is 20.8 Å². The number of amides is 1. The van der Waals surface area contributed by atoms with Crippen molar-refractivity contribution >= 4 is 24.4 Å². The summed E-state index contributed by atoms with van der Waals surface area (Å²) in [5.41, 5.74) is 0. The molecule has 0 heterocycles. The van der Waals surface area contributed by atoms with Gasteiger partial charge in [-0.3, -0.25) is 4.79 Å². The predicted molar refractivity (Wildman–Crippen MR) is 61.8 cm³/mol. The van der Waals surface area contributed by atoms with Crippen molar-refractivity contribution in [2.24, 2.45) is 5.92 Å². The number of hydrogen-bond donors (Lipinski definition) is 2. The molecule has 0 aliphatic rings. The van der Waals surface area contributed by atoms with Gasteiger partial charge in [0.15, 0.2) is 0 Å². The first kappa shape index (κ1) is 15.0. The summed E-state index contributed by atoms with van der Waals surface area (Å²) >= 11 is 4.29. The molecule has 1 amide bonds. The molecule has 0 unspecified atom stereocenters. The average molecular weight is 255 g/mol. The van der Waals surface area contributed by atoms with Gasteiger partial charge in [0.1, 0.15) is 0 Å². The summed E-state index contributed by atoms with van der Waals surface area (Å²) in [6, 6.07) is 0. The molecule has 0 spiro atoms. The maximum atomic E-state index is 11.6. The first-order valence-corrected chi connectivity index (χ1v) is 7.39. The minimum atomic E-state index is -3.59. The highest BCUT2D eigenvalue weighted by molar-refractivity contribution is 8.06. The van der Waals surface area contributed by atoms with E-state index in [1.54, 1.807) is 4.90 Å². The van der Waals surface area contributed by atoms with Crippen LogP contribution < -0.4 is 0 Å². The third-order valence-electron chi connectivity index (χ3n) is 1.81. The van der Waals surface area contributed by atoms with E-state index in [0.717, 1.165) is 0 Å². The Balaban J connectivity index is 4.02. The molecule has 0 aromatic rings. The van der Waals surface area contributed by atoms with Crippen LogP contribution in [0.25, 0.3) is 0 Å². The Morgan fingerprint density at radius 3 is 2.40 bits per heavy atom. The minimum absolute atomic E-state index is 0.0188.